The molecule has 0 aliphatic carbocycles. The second-order valence-electron chi connectivity index (χ2n) is 6.10. The van der Waals surface area contributed by atoms with Crippen molar-refractivity contribution in [3.05, 3.63) is 33.8 Å². The average Bonchev–Trinajstić information content (AvgIpc) is 2.87. The van der Waals surface area contributed by atoms with Crippen LogP contribution in [-0.4, -0.2) is 34.4 Å². The summed E-state index contributed by atoms with van der Waals surface area (Å²) in [6, 6.07) is 7.09. The van der Waals surface area contributed by atoms with Crippen LogP contribution in [0.25, 0.3) is 0 Å². The van der Waals surface area contributed by atoms with Crippen molar-refractivity contribution in [1.29, 1.82) is 0 Å². The maximum absolute atomic E-state index is 9.32. The molecule has 20 heavy (non-hydrogen) atoms. The zero-order valence-corrected chi connectivity index (χ0v) is 12.5. The molecule has 0 amide bonds. The van der Waals surface area contributed by atoms with Crippen LogP contribution in [0.2, 0.25) is 10.0 Å². The van der Waals surface area contributed by atoms with Gasteiger partial charge in [-0.25, -0.2) is 0 Å². The lowest BCUT2D eigenvalue weighted by Crippen LogP contribution is -2.40. The Hall–Kier alpha value is -0.770. The molecule has 0 saturated carbocycles. The van der Waals surface area contributed by atoms with Crippen LogP contribution in [0.1, 0.15) is 30.7 Å². The van der Waals surface area contributed by atoms with Gasteiger partial charge < -0.3 is 5.21 Å². The summed E-state index contributed by atoms with van der Waals surface area (Å²) < 4.78 is 0. The second kappa shape index (κ2) is 4.62. The number of halogens is 2. The Balaban J connectivity index is 1.76. The third-order valence-electron chi connectivity index (χ3n) is 5.29. The molecule has 3 aliphatic rings. The first-order valence-corrected chi connectivity index (χ1v) is 7.86. The van der Waals surface area contributed by atoms with Crippen LogP contribution in [0.15, 0.2) is 23.4 Å². The van der Waals surface area contributed by atoms with E-state index < -0.39 is 0 Å². The Morgan fingerprint density at radius 3 is 2.80 bits per heavy atom. The van der Waals surface area contributed by atoms with E-state index >= 15 is 0 Å². The number of benzene rings is 1. The highest BCUT2D eigenvalue weighted by Crippen LogP contribution is 2.51. The molecule has 5 atom stereocenters. The van der Waals surface area contributed by atoms with Crippen LogP contribution in [-0.2, 0) is 0 Å². The SMILES string of the molecule is O/N=C1\CN2C3CCC2C1C(c1ccc(Cl)c(Cl)c1)C3. The highest BCUT2D eigenvalue weighted by molar-refractivity contribution is 6.42. The Labute approximate surface area is 128 Å². The molecule has 4 rings (SSSR count). The lowest BCUT2D eigenvalue weighted by Gasteiger charge is -2.36. The first-order valence-electron chi connectivity index (χ1n) is 7.10. The predicted octanol–water partition coefficient (Wildman–Crippen LogP) is 3.77. The first-order chi connectivity index (χ1) is 9.69. The topological polar surface area (TPSA) is 35.8 Å². The molecule has 1 aromatic rings. The normalized spacial score (nSPS) is 40.5. The van der Waals surface area contributed by atoms with Crippen LogP contribution < -0.4 is 0 Å². The van der Waals surface area contributed by atoms with Gasteiger partial charge in [-0.15, -0.1) is 0 Å². The van der Waals surface area contributed by atoms with Gasteiger partial charge in [0.25, 0.3) is 0 Å². The summed E-state index contributed by atoms with van der Waals surface area (Å²) >= 11 is 12.2. The van der Waals surface area contributed by atoms with Gasteiger partial charge in [-0.2, -0.15) is 0 Å². The van der Waals surface area contributed by atoms with Crippen molar-refractivity contribution in [2.75, 3.05) is 6.54 Å². The standard InChI is InChI=1S/C15H16Cl2N2O/c16-11-3-1-8(5-12(11)17)10-6-9-2-4-14-15(10)13(18-20)7-19(9)14/h1,3,5,9-10,14-15,20H,2,4,6-7H2/b18-13+. The van der Waals surface area contributed by atoms with E-state index in [0.29, 0.717) is 34.0 Å². The Morgan fingerprint density at radius 2 is 2.05 bits per heavy atom. The van der Waals surface area contributed by atoms with Crippen molar-refractivity contribution in [3.8, 4) is 0 Å². The molecule has 5 unspecified atom stereocenters. The summed E-state index contributed by atoms with van der Waals surface area (Å²) in [6.07, 6.45) is 3.60. The molecule has 1 N–H and O–H groups in total. The Bertz CT molecular complexity index is 589. The van der Waals surface area contributed by atoms with E-state index in [0.717, 1.165) is 18.7 Å². The summed E-state index contributed by atoms with van der Waals surface area (Å²) in [4.78, 5) is 2.52. The molecule has 0 radical (unpaired) electrons. The molecule has 3 fully saturated rings. The third kappa shape index (κ3) is 1.73. The minimum Gasteiger partial charge on any atom is -0.411 e. The zero-order valence-electron chi connectivity index (χ0n) is 11.0. The van der Waals surface area contributed by atoms with Crippen LogP contribution in [0.4, 0.5) is 0 Å². The van der Waals surface area contributed by atoms with Gasteiger partial charge in [0, 0.05) is 24.5 Å². The summed E-state index contributed by atoms with van der Waals surface area (Å²) in [6.45, 7) is 0.828. The fourth-order valence-electron chi connectivity index (χ4n) is 4.49. The van der Waals surface area contributed by atoms with E-state index in [1.165, 1.54) is 18.4 Å². The number of hydrogen-bond donors (Lipinski definition) is 1. The van der Waals surface area contributed by atoms with Crippen LogP contribution in [0, 0.1) is 5.92 Å². The molecule has 3 nitrogen and oxygen atoms in total. The van der Waals surface area contributed by atoms with Gasteiger partial charge in [-0.05, 0) is 42.9 Å². The van der Waals surface area contributed by atoms with Crippen molar-refractivity contribution in [2.24, 2.45) is 11.1 Å². The minimum absolute atomic E-state index is 0.330. The van der Waals surface area contributed by atoms with Crippen molar-refractivity contribution < 1.29 is 5.21 Å². The van der Waals surface area contributed by atoms with Gasteiger partial charge in [-0.1, -0.05) is 34.4 Å². The maximum Gasteiger partial charge on any atom is 0.0763 e. The summed E-state index contributed by atoms with van der Waals surface area (Å²) in [5, 5.41) is 14.1. The van der Waals surface area contributed by atoms with E-state index in [1.54, 1.807) is 0 Å². The van der Waals surface area contributed by atoms with Crippen LogP contribution >= 0.6 is 23.2 Å². The van der Waals surface area contributed by atoms with Crippen molar-refractivity contribution in [3.63, 3.8) is 0 Å². The van der Waals surface area contributed by atoms with Crippen molar-refractivity contribution >= 4 is 28.9 Å². The number of nitrogens with zero attached hydrogens (tertiary/aromatic N) is 2. The van der Waals surface area contributed by atoms with Crippen molar-refractivity contribution in [2.45, 2.75) is 37.3 Å². The molecule has 3 heterocycles. The van der Waals surface area contributed by atoms with Crippen molar-refractivity contribution in [1.82, 2.24) is 4.90 Å². The Kier molecular flexibility index (Phi) is 2.99. The number of hydrogen-bond acceptors (Lipinski definition) is 3. The van der Waals surface area contributed by atoms with Gasteiger partial charge in [-0.3, -0.25) is 4.90 Å². The van der Waals surface area contributed by atoms with Gasteiger partial charge in [0.05, 0.1) is 15.8 Å². The Morgan fingerprint density at radius 1 is 1.20 bits per heavy atom. The molecular weight excluding hydrogens is 295 g/mol. The quantitative estimate of drug-likeness (QED) is 0.633. The molecule has 0 spiro atoms. The maximum atomic E-state index is 9.32. The summed E-state index contributed by atoms with van der Waals surface area (Å²) in [5.74, 6) is 0.725. The smallest absolute Gasteiger partial charge is 0.0763 e. The van der Waals surface area contributed by atoms with Crippen LogP contribution in [0.5, 0.6) is 0 Å². The molecule has 3 aliphatic heterocycles. The lowest BCUT2D eigenvalue weighted by molar-refractivity contribution is 0.154. The molecule has 1 aromatic carbocycles. The third-order valence-corrected chi connectivity index (χ3v) is 6.03. The van der Waals surface area contributed by atoms with Crippen LogP contribution in [0.3, 0.4) is 0 Å². The highest BCUT2D eigenvalue weighted by Gasteiger charge is 2.54. The van der Waals surface area contributed by atoms with Gasteiger partial charge in [0.2, 0.25) is 0 Å². The van der Waals surface area contributed by atoms with E-state index in [1.807, 2.05) is 12.1 Å². The summed E-state index contributed by atoms with van der Waals surface area (Å²) in [7, 11) is 0. The number of oxime groups is 1. The van der Waals surface area contributed by atoms with Gasteiger partial charge >= 0.3 is 0 Å². The van der Waals surface area contributed by atoms with Gasteiger partial charge in [0.15, 0.2) is 0 Å². The van der Waals surface area contributed by atoms with E-state index in [2.05, 4.69) is 16.1 Å². The molecule has 106 valence electrons. The number of piperidine rings is 1. The summed E-state index contributed by atoms with van der Waals surface area (Å²) in [5.41, 5.74) is 2.16. The predicted molar refractivity (Wildman–Crippen MR) is 80.0 cm³/mol. The molecule has 4 bridgehead atoms. The fourth-order valence-corrected chi connectivity index (χ4v) is 4.80. The largest absolute Gasteiger partial charge is 0.411 e. The monoisotopic (exact) mass is 310 g/mol. The van der Waals surface area contributed by atoms with E-state index in [4.69, 9.17) is 23.2 Å². The van der Waals surface area contributed by atoms with Gasteiger partial charge in [0.1, 0.15) is 0 Å². The molecule has 5 heteroatoms. The molecule has 3 saturated heterocycles. The number of rotatable bonds is 1. The first kappa shape index (κ1) is 12.9. The fraction of sp³-hybridized carbons (Fsp3) is 0.533. The van der Waals surface area contributed by atoms with E-state index in [-0.39, 0.29) is 0 Å². The lowest BCUT2D eigenvalue weighted by atomic mass is 9.77. The zero-order chi connectivity index (χ0) is 13.9. The molecular formula is C15H16Cl2N2O. The molecule has 0 aromatic heterocycles. The minimum atomic E-state index is 0.330. The highest BCUT2D eigenvalue weighted by atomic mass is 35.5. The second-order valence-corrected chi connectivity index (χ2v) is 6.92. The van der Waals surface area contributed by atoms with E-state index in [9.17, 15) is 5.21 Å². The average molecular weight is 311 g/mol.